The Morgan fingerprint density at radius 1 is 1.50 bits per heavy atom. The van der Waals surface area contributed by atoms with Crippen LogP contribution >= 0.6 is 11.6 Å². The van der Waals surface area contributed by atoms with Gasteiger partial charge in [0.1, 0.15) is 11.4 Å². The molecule has 1 aromatic heterocycles. The van der Waals surface area contributed by atoms with Crippen LogP contribution in [0.3, 0.4) is 0 Å². The Morgan fingerprint density at radius 3 is 2.82 bits per heavy atom. The highest BCUT2D eigenvalue weighted by molar-refractivity contribution is 6.30. The van der Waals surface area contributed by atoms with Crippen LogP contribution in [0, 0.1) is 5.82 Å². The minimum Gasteiger partial charge on any atom is -0.383 e. The molecular weight excluding hydrogens is 311 g/mol. The van der Waals surface area contributed by atoms with E-state index in [0.717, 1.165) is 12.1 Å². The Bertz CT molecular complexity index is 667. The Hall–Kier alpha value is -2.12. The second-order valence-electron chi connectivity index (χ2n) is 5.14. The number of urea groups is 1. The van der Waals surface area contributed by atoms with E-state index < -0.39 is 17.4 Å². The van der Waals surface area contributed by atoms with Gasteiger partial charge in [0, 0.05) is 29.5 Å². The fraction of sp³-hybridized carbons (Fsp3) is 0.286. The molecule has 0 bridgehead atoms. The molecule has 0 aliphatic rings. The lowest BCUT2D eigenvalue weighted by molar-refractivity contribution is 0.0599. The van der Waals surface area contributed by atoms with Gasteiger partial charge in [0.2, 0.25) is 0 Å². The van der Waals surface area contributed by atoms with Crippen LogP contribution in [0.4, 0.5) is 14.9 Å². The molecule has 2 rings (SSSR count). The Kier molecular flexibility index (Phi) is 4.68. The van der Waals surface area contributed by atoms with Crippen molar-refractivity contribution in [2.24, 2.45) is 7.05 Å². The Morgan fingerprint density at radius 2 is 2.23 bits per heavy atom. The summed E-state index contributed by atoms with van der Waals surface area (Å²) in [6, 6.07) is 3.12. The average molecular weight is 327 g/mol. The first kappa shape index (κ1) is 16.3. The molecule has 1 unspecified atom stereocenters. The molecule has 8 heteroatoms. The van der Waals surface area contributed by atoms with E-state index in [1.807, 2.05) is 0 Å². The van der Waals surface area contributed by atoms with Crippen molar-refractivity contribution >= 4 is 23.3 Å². The fourth-order valence-corrected chi connectivity index (χ4v) is 2.08. The topological polar surface area (TPSA) is 79.2 Å². The van der Waals surface area contributed by atoms with Crippen molar-refractivity contribution in [1.29, 1.82) is 0 Å². The first-order valence-corrected chi connectivity index (χ1v) is 6.86. The number of amides is 2. The van der Waals surface area contributed by atoms with E-state index in [4.69, 9.17) is 11.6 Å². The Balaban J connectivity index is 1.95. The molecule has 0 radical (unpaired) electrons. The molecule has 1 heterocycles. The lowest BCUT2D eigenvalue weighted by atomic mass is 10.00. The third kappa shape index (κ3) is 4.19. The highest BCUT2D eigenvalue weighted by Gasteiger charge is 2.25. The number of aliphatic hydroxyl groups is 1. The number of aromatic nitrogens is 2. The summed E-state index contributed by atoms with van der Waals surface area (Å²) in [5.74, 6) is -0.551. The molecule has 3 N–H and O–H groups in total. The molecule has 0 saturated heterocycles. The highest BCUT2D eigenvalue weighted by Crippen LogP contribution is 2.19. The van der Waals surface area contributed by atoms with Gasteiger partial charge < -0.3 is 15.7 Å². The van der Waals surface area contributed by atoms with Gasteiger partial charge in [-0.2, -0.15) is 5.10 Å². The molecule has 2 amide bonds. The van der Waals surface area contributed by atoms with E-state index in [-0.39, 0.29) is 17.3 Å². The summed E-state index contributed by atoms with van der Waals surface area (Å²) in [7, 11) is 1.73. The van der Waals surface area contributed by atoms with E-state index in [1.54, 1.807) is 24.9 Å². The van der Waals surface area contributed by atoms with Crippen molar-refractivity contribution < 1.29 is 14.3 Å². The normalized spacial score (nSPS) is 13.5. The van der Waals surface area contributed by atoms with Crippen molar-refractivity contribution in [3.8, 4) is 0 Å². The maximum Gasteiger partial charge on any atom is 0.319 e. The summed E-state index contributed by atoms with van der Waals surface area (Å²) in [6.07, 6.45) is 3.18. The lowest BCUT2D eigenvalue weighted by Crippen LogP contribution is -2.40. The number of aryl methyl sites for hydroxylation is 1. The molecule has 22 heavy (non-hydrogen) atoms. The summed E-state index contributed by atoms with van der Waals surface area (Å²) in [5, 5.41) is 19.4. The SMILES string of the molecule is Cn1cc(C(C)(O)CNC(=O)Nc2cc(F)cc(Cl)c2)cn1. The predicted octanol–water partition coefficient (Wildman–Crippen LogP) is 2.24. The number of benzene rings is 1. The number of hydrogen-bond donors (Lipinski definition) is 3. The quantitative estimate of drug-likeness (QED) is 0.806. The van der Waals surface area contributed by atoms with Crippen molar-refractivity contribution in [3.05, 3.63) is 47.0 Å². The zero-order valence-corrected chi connectivity index (χ0v) is 12.9. The molecule has 0 aliphatic carbocycles. The first-order valence-electron chi connectivity index (χ1n) is 6.49. The summed E-state index contributed by atoms with van der Waals surface area (Å²) in [4.78, 5) is 11.8. The lowest BCUT2D eigenvalue weighted by Gasteiger charge is -2.22. The summed E-state index contributed by atoms with van der Waals surface area (Å²) in [5.41, 5.74) is -0.474. The van der Waals surface area contributed by atoms with Crippen LogP contribution in [0.5, 0.6) is 0 Å². The number of anilines is 1. The van der Waals surface area contributed by atoms with E-state index in [9.17, 15) is 14.3 Å². The molecule has 118 valence electrons. The summed E-state index contributed by atoms with van der Waals surface area (Å²) >= 11 is 5.70. The number of carbonyl (C=O) groups excluding carboxylic acids is 1. The molecule has 0 spiro atoms. The Labute approximate surface area is 131 Å². The minimum absolute atomic E-state index is 0.0342. The monoisotopic (exact) mass is 326 g/mol. The maximum absolute atomic E-state index is 13.2. The number of carbonyl (C=O) groups is 1. The van der Waals surface area contributed by atoms with Gasteiger partial charge in [0.15, 0.2) is 0 Å². The smallest absolute Gasteiger partial charge is 0.319 e. The zero-order valence-electron chi connectivity index (χ0n) is 12.1. The third-order valence-electron chi connectivity index (χ3n) is 3.04. The van der Waals surface area contributed by atoms with Crippen molar-refractivity contribution in [1.82, 2.24) is 15.1 Å². The van der Waals surface area contributed by atoms with E-state index in [2.05, 4.69) is 15.7 Å². The highest BCUT2D eigenvalue weighted by atomic mass is 35.5. The summed E-state index contributed by atoms with van der Waals surface area (Å²) < 4.78 is 14.7. The first-order chi connectivity index (χ1) is 10.3. The van der Waals surface area contributed by atoms with E-state index in [0.29, 0.717) is 5.56 Å². The van der Waals surface area contributed by atoms with Gasteiger partial charge in [-0.05, 0) is 25.1 Å². The van der Waals surface area contributed by atoms with Gasteiger partial charge in [-0.3, -0.25) is 4.68 Å². The second-order valence-corrected chi connectivity index (χ2v) is 5.58. The van der Waals surface area contributed by atoms with Gasteiger partial charge >= 0.3 is 6.03 Å². The number of rotatable bonds is 4. The molecular formula is C14H16ClFN4O2. The standard InChI is InChI=1S/C14H16ClFN4O2/c1-14(22,9-6-18-20(2)7-9)8-17-13(21)19-12-4-10(15)3-11(16)5-12/h3-7,22H,8H2,1-2H3,(H2,17,19,21). The predicted molar refractivity (Wildman–Crippen MR) is 81.2 cm³/mol. The molecule has 0 saturated carbocycles. The minimum atomic E-state index is -1.27. The number of halogens is 2. The molecule has 2 aromatic rings. The van der Waals surface area contributed by atoms with Crippen LogP contribution in [-0.4, -0.2) is 27.5 Å². The van der Waals surface area contributed by atoms with Gasteiger partial charge in [-0.25, -0.2) is 9.18 Å². The van der Waals surface area contributed by atoms with Gasteiger partial charge in [0.05, 0.1) is 12.7 Å². The van der Waals surface area contributed by atoms with E-state index >= 15 is 0 Å². The average Bonchev–Trinajstić information content (AvgIpc) is 2.83. The van der Waals surface area contributed by atoms with Gasteiger partial charge in [0.25, 0.3) is 0 Å². The van der Waals surface area contributed by atoms with Crippen LogP contribution in [0.1, 0.15) is 12.5 Å². The molecule has 0 aliphatic heterocycles. The maximum atomic E-state index is 13.2. The van der Waals surface area contributed by atoms with Crippen LogP contribution in [0.25, 0.3) is 0 Å². The largest absolute Gasteiger partial charge is 0.383 e. The van der Waals surface area contributed by atoms with Crippen LogP contribution in [0.2, 0.25) is 5.02 Å². The van der Waals surface area contributed by atoms with Crippen molar-refractivity contribution in [2.45, 2.75) is 12.5 Å². The number of nitrogens with zero attached hydrogens (tertiary/aromatic N) is 2. The molecule has 1 aromatic carbocycles. The van der Waals surface area contributed by atoms with Crippen LogP contribution in [-0.2, 0) is 12.6 Å². The molecule has 6 nitrogen and oxygen atoms in total. The van der Waals surface area contributed by atoms with E-state index in [1.165, 1.54) is 12.3 Å². The molecule has 0 fully saturated rings. The molecule has 1 atom stereocenters. The third-order valence-corrected chi connectivity index (χ3v) is 3.26. The van der Waals surface area contributed by atoms with Crippen LogP contribution < -0.4 is 10.6 Å². The van der Waals surface area contributed by atoms with Gasteiger partial charge in [-0.15, -0.1) is 0 Å². The number of nitrogens with one attached hydrogen (secondary N) is 2. The summed E-state index contributed by atoms with van der Waals surface area (Å²) in [6.45, 7) is 1.52. The zero-order chi connectivity index (χ0) is 16.3. The van der Waals surface area contributed by atoms with Gasteiger partial charge in [-0.1, -0.05) is 11.6 Å². The van der Waals surface area contributed by atoms with Crippen LogP contribution in [0.15, 0.2) is 30.6 Å². The fourth-order valence-electron chi connectivity index (χ4n) is 1.86. The van der Waals surface area contributed by atoms with Crippen molar-refractivity contribution in [3.63, 3.8) is 0 Å². The number of hydrogen-bond acceptors (Lipinski definition) is 3. The van der Waals surface area contributed by atoms with Crippen molar-refractivity contribution in [2.75, 3.05) is 11.9 Å². The second kappa shape index (κ2) is 6.33.